The topological polar surface area (TPSA) is 92.8 Å². The van der Waals surface area contributed by atoms with Crippen LogP contribution in [0.2, 0.25) is 0 Å². The van der Waals surface area contributed by atoms with E-state index in [1.54, 1.807) is 0 Å². The van der Waals surface area contributed by atoms with E-state index in [9.17, 15) is 9.90 Å². The number of carboxylic acids is 1. The average Bonchev–Trinajstić information content (AvgIpc) is 2.23. The van der Waals surface area contributed by atoms with Crippen LogP contribution in [0.4, 0.5) is 0 Å². The van der Waals surface area contributed by atoms with E-state index >= 15 is 0 Å². The first-order chi connectivity index (χ1) is 7.61. The second-order valence-corrected chi connectivity index (χ2v) is 3.93. The van der Waals surface area contributed by atoms with Gasteiger partial charge < -0.3 is 20.7 Å². The molecule has 4 N–H and O–H groups in total. The standard InChI is InChI=1S/C11H23NO4/c1-2-3-6-16-8-10(13)7-9(4-5-12)11(14)15/h9-10,13H,2-8,12H2,1H3,(H,14,15). The molecule has 0 aliphatic carbocycles. The largest absolute Gasteiger partial charge is 0.481 e. The van der Waals surface area contributed by atoms with E-state index in [0.29, 0.717) is 19.6 Å². The smallest absolute Gasteiger partial charge is 0.306 e. The van der Waals surface area contributed by atoms with Crippen LogP contribution >= 0.6 is 0 Å². The molecule has 0 amide bonds. The zero-order chi connectivity index (χ0) is 12.4. The summed E-state index contributed by atoms with van der Waals surface area (Å²) in [5, 5.41) is 18.4. The van der Waals surface area contributed by atoms with Crippen LogP contribution in [0.15, 0.2) is 0 Å². The summed E-state index contributed by atoms with van der Waals surface area (Å²) in [6.07, 6.45) is 1.88. The molecule has 0 spiro atoms. The minimum atomic E-state index is -0.905. The Morgan fingerprint density at radius 1 is 1.50 bits per heavy atom. The van der Waals surface area contributed by atoms with E-state index in [0.717, 1.165) is 12.8 Å². The molecule has 0 saturated carbocycles. The van der Waals surface area contributed by atoms with Crippen molar-refractivity contribution in [2.45, 2.75) is 38.7 Å². The highest BCUT2D eigenvalue weighted by Crippen LogP contribution is 2.11. The average molecular weight is 233 g/mol. The van der Waals surface area contributed by atoms with Gasteiger partial charge in [0.1, 0.15) is 0 Å². The van der Waals surface area contributed by atoms with Crippen LogP contribution in [0.5, 0.6) is 0 Å². The molecular weight excluding hydrogens is 210 g/mol. The third-order valence-electron chi connectivity index (χ3n) is 2.37. The molecule has 0 heterocycles. The van der Waals surface area contributed by atoms with E-state index in [2.05, 4.69) is 6.92 Å². The molecule has 0 aromatic rings. The first-order valence-corrected chi connectivity index (χ1v) is 5.80. The van der Waals surface area contributed by atoms with Gasteiger partial charge in [-0.1, -0.05) is 13.3 Å². The lowest BCUT2D eigenvalue weighted by Crippen LogP contribution is -2.26. The van der Waals surface area contributed by atoms with E-state index < -0.39 is 18.0 Å². The van der Waals surface area contributed by atoms with Crippen molar-refractivity contribution in [1.82, 2.24) is 0 Å². The van der Waals surface area contributed by atoms with Crippen molar-refractivity contribution in [2.75, 3.05) is 19.8 Å². The van der Waals surface area contributed by atoms with Crippen molar-refractivity contribution in [1.29, 1.82) is 0 Å². The summed E-state index contributed by atoms with van der Waals surface area (Å²) in [5.41, 5.74) is 5.31. The Bertz CT molecular complexity index is 187. The Hall–Kier alpha value is -0.650. The molecule has 0 fully saturated rings. The van der Waals surface area contributed by atoms with Gasteiger partial charge in [-0.25, -0.2) is 0 Å². The Kier molecular flexibility index (Phi) is 9.18. The number of hydrogen-bond donors (Lipinski definition) is 3. The van der Waals surface area contributed by atoms with Crippen LogP contribution in [0.25, 0.3) is 0 Å². The van der Waals surface area contributed by atoms with Crippen LogP contribution in [0.1, 0.15) is 32.6 Å². The van der Waals surface area contributed by atoms with Gasteiger partial charge in [-0.05, 0) is 25.8 Å². The molecule has 0 aliphatic heterocycles. The van der Waals surface area contributed by atoms with Crippen molar-refractivity contribution < 1.29 is 19.7 Å². The zero-order valence-corrected chi connectivity index (χ0v) is 9.89. The Morgan fingerprint density at radius 3 is 2.69 bits per heavy atom. The molecule has 16 heavy (non-hydrogen) atoms. The van der Waals surface area contributed by atoms with Crippen LogP contribution in [0, 0.1) is 5.92 Å². The number of ether oxygens (including phenoxy) is 1. The van der Waals surface area contributed by atoms with Gasteiger partial charge in [0, 0.05) is 6.61 Å². The fourth-order valence-electron chi connectivity index (χ4n) is 1.41. The normalized spacial score (nSPS) is 14.7. The molecule has 5 heteroatoms. The van der Waals surface area contributed by atoms with Crippen molar-refractivity contribution in [2.24, 2.45) is 11.7 Å². The number of carboxylic acid groups (broad SMARTS) is 1. The van der Waals surface area contributed by atoms with E-state index in [1.165, 1.54) is 0 Å². The van der Waals surface area contributed by atoms with Crippen LogP contribution < -0.4 is 5.73 Å². The lowest BCUT2D eigenvalue weighted by Gasteiger charge is -2.16. The molecule has 0 aromatic heterocycles. The molecule has 5 nitrogen and oxygen atoms in total. The van der Waals surface area contributed by atoms with Crippen molar-refractivity contribution >= 4 is 5.97 Å². The summed E-state index contributed by atoms with van der Waals surface area (Å²) in [6.45, 7) is 3.19. The van der Waals surface area contributed by atoms with Gasteiger partial charge in [0.2, 0.25) is 0 Å². The first-order valence-electron chi connectivity index (χ1n) is 5.80. The first kappa shape index (κ1) is 15.3. The summed E-state index contributed by atoms with van der Waals surface area (Å²) >= 11 is 0. The minimum Gasteiger partial charge on any atom is -0.481 e. The lowest BCUT2D eigenvalue weighted by atomic mass is 9.98. The van der Waals surface area contributed by atoms with Gasteiger partial charge in [0.05, 0.1) is 18.6 Å². The quantitative estimate of drug-likeness (QED) is 0.481. The van der Waals surface area contributed by atoms with Gasteiger partial charge in [0.15, 0.2) is 0 Å². The minimum absolute atomic E-state index is 0.203. The Morgan fingerprint density at radius 2 is 2.19 bits per heavy atom. The zero-order valence-electron chi connectivity index (χ0n) is 9.89. The third kappa shape index (κ3) is 7.62. The maximum absolute atomic E-state index is 10.8. The van der Waals surface area contributed by atoms with Crippen molar-refractivity contribution in [3.63, 3.8) is 0 Å². The number of carbonyl (C=O) groups is 1. The number of hydrogen-bond acceptors (Lipinski definition) is 4. The predicted molar refractivity (Wildman–Crippen MR) is 61.1 cm³/mol. The maximum Gasteiger partial charge on any atom is 0.306 e. The van der Waals surface area contributed by atoms with Gasteiger partial charge in [-0.15, -0.1) is 0 Å². The molecule has 0 saturated heterocycles. The predicted octanol–water partition coefficient (Wildman–Crippen LogP) is 0.604. The third-order valence-corrected chi connectivity index (χ3v) is 2.37. The van der Waals surface area contributed by atoms with Crippen LogP contribution in [-0.4, -0.2) is 42.0 Å². The monoisotopic (exact) mass is 233 g/mol. The molecule has 96 valence electrons. The number of aliphatic carboxylic acids is 1. The number of aliphatic hydroxyl groups excluding tert-OH is 1. The molecule has 0 bridgehead atoms. The fourth-order valence-corrected chi connectivity index (χ4v) is 1.41. The molecule has 0 aliphatic rings. The summed E-state index contributed by atoms with van der Waals surface area (Å²) in [6, 6.07) is 0. The van der Waals surface area contributed by atoms with Gasteiger partial charge in [-0.2, -0.15) is 0 Å². The van der Waals surface area contributed by atoms with Gasteiger partial charge >= 0.3 is 5.97 Å². The number of rotatable bonds is 10. The molecule has 2 atom stereocenters. The number of unbranched alkanes of at least 4 members (excludes halogenated alkanes) is 1. The molecule has 2 unspecified atom stereocenters. The number of aliphatic hydroxyl groups is 1. The second-order valence-electron chi connectivity index (χ2n) is 3.93. The second kappa shape index (κ2) is 9.57. The lowest BCUT2D eigenvalue weighted by molar-refractivity contribution is -0.143. The van der Waals surface area contributed by atoms with Crippen molar-refractivity contribution in [3.05, 3.63) is 0 Å². The molecule has 0 rings (SSSR count). The molecule has 0 radical (unpaired) electrons. The SMILES string of the molecule is CCCCOCC(O)CC(CCN)C(=O)O. The van der Waals surface area contributed by atoms with Crippen LogP contribution in [-0.2, 0) is 9.53 Å². The van der Waals surface area contributed by atoms with Gasteiger partial charge in [-0.3, -0.25) is 4.79 Å². The maximum atomic E-state index is 10.8. The summed E-state index contributed by atoms with van der Waals surface area (Å²) in [4.78, 5) is 10.8. The highest BCUT2D eigenvalue weighted by Gasteiger charge is 2.20. The highest BCUT2D eigenvalue weighted by atomic mass is 16.5. The van der Waals surface area contributed by atoms with E-state index in [-0.39, 0.29) is 13.0 Å². The molecule has 0 aromatic carbocycles. The molecular formula is C11H23NO4. The number of nitrogens with two attached hydrogens (primary N) is 1. The Balaban J connectivity index is 3.72. The summed E-state index contributed by atoms with van der Waals surface area (Å²) in [5.74, 6) is -1.48. The highest BCUT2D eigenvalue weighted by molar-refractivity contribution is 5.69. The Labute approximate surface area is 96.6 Å². The van der Waals surface area contributed by atoms with E-state index in [4.69, 9.17) is 15.6 Å². The van der Waals surface area contributed by atoms with Crippen molar-refractivity contribution in [3.8, 4) is 0 Å². The van der Waals surface area contributed by atoms with E-state index in [1.807, 2.05) is 0 Å². The van der Waals surface area contributed by atoms with Crippen LogP contribution in [0.3, 0.4) is 0 Å². The summed E-state index contributed by atoms with van der Waals surface area (Å²) in [7, 11) is 0. The fraction of sp³-hybridized carbons (Fsp3) is 0.909. The van der Waals surface area contributed by atoms with Gasteiger partial charge in [0.25, 0.3) is 0 Å². The summed E-state index contributed by atoms with van der Waals surface area (Å²) < 4.78 is 5.22.